The topological polar surface area (TPSA) is 58.9 Å². The maximum atomic E-state index is 9.86. The molecule has 0 radical (unpaired) electrons. The molecule has 2 aliphatic rings. The van der Waals surface area contributed by atoms with Gasteiger partial charge in [-0.15, -0.1) is 0 Å². The maximum Gasteiger partial charge on any atom is 0.122 e. The second kappa shape index (κ2) is 5.17. The molecule has 1 saturated carbocycles. The maximum absolute atomic E-state index is 9.86. The average molecular weight is 270 g/mol. The Bertz CT molecular complexity index is 347. The van der Waals surface area contributed by atoms with Crippen LogP contribution in [0.15, 0.2) is 12.2 Å². The van der Waals surface area contributed by atoms with Gasteiger partial charge in [0.05, 0.1) is 11.7 Å². The number of aliphatic hydroxyl groups excluding tert-OH is 1. The SMILES string of the molecule is C[C@@H]1CC[C@H]2C[C@@H]1OOC2(C)/C=C/[C@H](O)C(C)(C)O. The third-order valence-corrected chi connectivity index (χ3v) is 4.62. The molecule has 5 atom stereocenters. The van der Waals surface area contributed by atoms with Crippen LogP contribution in [0.4, 0.5) is 0 Å². The van der Waals surface area contributed by atoms with Crippen molar-refractivity contribution in [2.24, 2.45) is 11.8 Å². The summed E-state index contributed by atoms with van der Waals surface area (Å²) in [5.41, 5.74) is -1.66. The van der Waals surface area contributed by atoms with Crippen LogP contribution in [0, 0.1) is 11.8 Å². The van der Waals surface area contributed by atoms with Gasteiger partial charge in [-0.2, -0.15) is 0 Å². The number of rotatable bonds is 3. The number of hydrogen-bond acceptors (Lipinski definition) is 4. The van der Waals surface area contributed by atoms with Gasteiger partial charge in [0.15, 0.2) is 0 Å². The van der Waals surface area contributed by atoms with Gasteiger partial charge in [0.1, 0.15) is 11.7 Å². The summed E-state index contributed by atoms with van der Waals surface area (Å²) in [6.45, 7) is 7.35. The van der Waals surface area contributed by atoms with Gasteiger partial charge in [-0.05, 0) is 51.9 Å². The van der Waals surface area contributed by atoms with Gasteiger partial charge < -0.3 is 10.2 Å². The minimum Gasteiger partial charge on any atom is -0.387 e. The molecule has 0 spiro atoms. The Kier molecular flexibility index (Phi) is 4.07. The Labute approximate surface area is 115 Å². The fourth-order valence-electron chi connectivity index (χ4n) is 2.85. The molecule has 1 heterocycles. The molecule has 0 amide bonds. The van der Waals surface area contributed by atoms with Gasteiger partial charge in [-0.3, -0.25) is 0 Å². The van der Waals surface area contributed by atoms with E-state index < -0.39 is 17.3 Å². The van der Waals surface area contributed by atoms with Gasteiger partial charge in [-0.1, -0.05) is 19.1 Å². The highest BCUT2D eigenvalue weighted by atomic mass is 17.2. The van der Waals surface area contributed by atoms with E-state index in [-0.39, 0.29) is 6.10 Å². The summed E-state index contributed by atoms with van der Waals surface area (Å²) in [5.74, 6) is 0.958. The lowest BCUT2D eigenvalue weighted by atomic mass is 9.72. The van der Waals surface area contributed by atoms with Crippen molar-refractivity contribution in [2.75, 3.05) is 0 Å². The molecule has 0 aromatic carbocycles. The van der Waals surface area contributed by atoms with E-state index in [0.29, 0.717) is 11.8 Å². The number of aliphatic hydroxyl groups is 2. The summed E-state index contributed by atoms with van der Waals surface area (Å²) in [6, 6.07) is 0. The fraction of sp³-hybridized carbons (Fsp3) is 0.867. The summed E-state index contributed by atoms with van der Waals surface area (Å²) in [4.78, 5) is 11.1. The van der Waals surface area contributed by atoms with Crippen LogP contribution in [-0.4, -0.2) is 33.6 Å². The van der Waals surface area contributed by atoms with E-state index in [1.165, 1.54) is 0 Å². The zero-order valence-electron chi connectivity index (χ0n) is 12.3. The summed E-state index contributed by atoms with van der Waals surface area (Å²) in [6.07, 6.45) is 6.00. The zero-order valence-corrected chi connectivity index (χ0v) is 12.3. The Morgan fingerprint density at radius 2 is 2.05 bits per heavy atom. The molecule has 1 unspecified atom stereocenters. The quantitative estimate of drug-likeness (QED) is 0.610. The van der Waals surface area contributed by atoms with Crippen LogP contribution in [0.3, 0.4) is 0 Å². The van der Waals surface area contributed by atoms with E-state index in [0.717, 1.165) is 19.3 Å². The van der Waals surface area contributed by atoms with Crippen LogP contribution in [0.1, 0.15) is 47.0 Å². The minimum absolute atomic E-state index is 0.194. The van der Waals surface area contributed by atoms with Gasteiger partial charge in [0, 0.05) is 0 Å². The molecule has 2 fully saturated rings. The molecule has 2 bridgehead atoms. The molecule has 0 aromatic heterocycles. The highest BCUT2D eigenvalue weighted by molar-refractivity contribution is 5.09. The lowest BCUT2D eigenvalue weighted by Crippen LogP contribution is -2.49. The first-order chi connectivity index (χ1) is 8.72. The first kappa shape index (κ1) is 15.0. The van der Waals surface area contributed by atoms with Crippen LogP contribution in [0.25, 0.3) is 0 Å². The smallest absolute Gasteiger partial charge is 0.122 e. The first-order valence-corrected chi connectivity index (χ1v) is 7.16. The summed E-state index contributed by atoms with van der Waals surface area (Å²) >= 11 is 0. The molecule has 1 aliphatic carbocycles. The van der Waals surface area contributed by atoms with Gasteiger partial charge in [0.25, 0.3) is 0 Å². The third kappa shape index (κ3) is 3.19. The molecule has 4 heteroatoms. The Balaban J connectivity index is 2.05. The second-order valence-electron chi connectivity index (χ2n) is 6.85. The second-order valence-corrected chi connectivity index (χ2v) is 6.85. The molecular weight excluding hydrogens is 244 g/mol. The van der Waals surface area contributed by atoms with E-state index in [4.69, 9.17) is 9.78 Å². The van der Waals surface area contributed by atoms with Crippen molar-refractivity contribution in [3.05, 3.63) is 12.2 Å². The molecule has 4 nitrogen and oxygen atoms in total. The normalized spacial score (nSPS) is 41.5. The van der Waals surface area contributed by atoms with E-state index in [2.05, 4.69) is 6.92 Å². The van der Waals surface area contributed by atoms with Crippen LogP contribution < -0.4 is 0 Å². The average Bonchev–Trinajstić information content (AvgIpc) is 2.33. The number of hydrogen-bond donors (Lipinski definition) is 2. The Hall–Kier alpha value is -0.420. The summed E-state index contributed by atoms with van der Waals surface area (Å²) in [5, 5.41) is 19.6. The fourth-order valence-corrected chi connectivity index (χ4v) is 2.85. The van der Waals surface area contributed by atoms with Crippen molar-refractivity contribution in [1.29, 1.82) is 0 Å². The number of fused-ring (bicyclic) bond motifs is 2. The lowest BCUT2D eigenvalue weighted by molar-refractivity contribution is -0.421. The van der Waals surface area contributed by atoms with E-state index >= 15 is 0 Å². The molecule has 1 aliphatic heterocycles. The molecule has 2 N–H and O–H groups in total. The first-order valence-electron chi connectivity index (χ1n) is 7.16. The van der Waals surface area contributed by atoms with Gasteiger partial charge in [0.2, 0.25) is 0 Å². The lowest BCUT2D eigenvalue weighted by Gasteiger charge is -2.46. The molecule has 110 valence electrons. The summed E-state index contributed by atoms with van der Waals surface area (Å²) < 4.78 is 0. The third-order valence-electron chi connectivity index (χ3n) is 4.62. The highest BCUT2D eigenvalue weighted by Crippen LogP contribution is 2.44. The minimum atomic E-state index is -1.15. The molecular formula is C15H26O4. The van der Waals surface area contributed by atoms with Crippen LogP contribution in [0.2, 0.25) is 0 Å². The monoisotopic (exact) mass is 270 g/mol. The van der Waals surface area contributed by atoms with Gasteiger partial charge in [-0.25, -0.2) is 9.78 Å². The molecule has 1 saturated heterocycles. The van der Waals surface area contributed by atoms with Crippen LogP contribution >= 0.6 is 0 Å². The summed E-state index contributed by atoms with van der Waals surface area (Å²) in [7, 11) is 0. The molecule has 0 aromatic rings. The van der Waals surface area contributed by atoms with E-state index in [1.54, 1.807) is 19.9 Å². The largest absolute Gasteiger partial charge is 0.387 e. The van der Waals surface area contributed by atoms with E-state index in [9.17, 15) is 10.2 Å². The van der Waals surface area contributed by atoms with Crippen molar-refractivity contribution >= 4 is 0 Å². The van der Waals surface area contributed by atoms with Crippen LogP contribution in [-0.2, 0) is 9.78 Å². The molecule has 2 rings (SSSR count). The predicted molar refractivity (Wildman–Crippen MR) is 72.3 cm³/mol. The van der Waals surface area contributed by atoms with Crippen molar-refractivity contribution in [3.8, 4) is 0 Å². The Morgan fingerprint density at radius 1 is 1.37 bits per heavy atom. The standard InChI is InChI=1S/C15H26O4/c1-10-5-6-11-9-12(10)18-19-15(11,4)8-7-13(16)14(2,3)17/h7-8,10-13,16-17H,5-6,9H2,1-4H3/b8-7+/t10-,11+,12+,13+,15?/m1/s1. The van der Waals surface area contributed by atoms with E-state index in [1.807, 2.05) is 13.0 Å². The van der Waals surface area contributed by atoms with Crippen LogP contribution in [0.5, 0.6) is 0 Å². The predicted octanol–water partition coefficient (Wildman–Crippen LogP) is 2.20. The van der Waals surface area contributed by atoms with Crippen molar-refractivity contribution in [2.45, 2.75) is 70.4 Å². The molecule has 19 heavy (non-hydrogen) atoms. The highest BCUT2D eigenvalue weighted by Gasteiger charge is 2.45. The van der Waals surface area contributed by atoms with Crippen molar-refractivity contribution in [3.63, 3.8) is 0 Å². The van der Waals surface area contributed by atoms with Crippen molar-refractivity contribution < 1.29 is 20.0 Å². The zero-order chi connectivity index (χ0) is 14.3. The Morgan fingerprint density at radius 3 is 2.68 bits per heavy atom. The van der Waals surface area contributed by atoms with Gasteiger partial charge >= 0.3 is 0 Å². The van der Waals surface area contributed by atoms with Crippen molar-refractivity contribution in [1.82, 2.24) is 0 Å².